The lowest BCUT2D eigenvalue weighted by Crippen LogP contribution is -2.27. The van der Waals surface area contributed by atoms with E-state index in [0.717, 1.165) is 18.8 Å². The summed E-state index contributed by atoms with van der Waals surface area (Å²) in [6, 6.07) is 1.78. The minimum atomic E-state index is -1.02. The summed E-state index contributed by atoms with van der Waals surface area (Å²) in [5.74, 6) is 0.269. The van der Waals surface area contributed by atoms with Gasteiger partial charge in [0.15, 0.2) is 5.69 Å². The van der Waals surface area contributed by atoms with Gasteiger partial charge in [-0.05, 0) is 37.7 Å². The van der Waals surface area contributed by atoms with Crippen LogP contribution in [0, 0.1) is 5.92 Å². The first-order valence-electron chi connectivity index (χ1n) is 7.02. The Kier molecular flexibility index (Phi) is 4.71. The molecule has 5 nitrogen and oxygen atoms in total. The third-order valence-electron chi connectivity index (χ3n) is 3.75. The topological polar surface area (TPSA) is 75.1 Å². The number of carboxylic acids is 1. The van der Waals surface area contributed by atoms with E-state index in [4.69, 9.17) is 5.11 Å². The van der Waals surface area contributed by atoms with Crippen LogP contribution in [0.5, 0.6) is 0 Å². The quantitative estimate of drug-likeness (QED) is 0.854. The van der Waals surface area contributed by atoms with E-state index < -0.39 is 5.97 Å². The van der Waals surface area contributed by atoms with E-state index in [2.05, 4.69) is 22.2 Å². The van der Waals surface area contributed by atoms with Gasteiger partial charge < -0.3 is 10.4 Å². The van der Waals surface area contributed by atoms with Gasteiger partial charge in [0, 0.05) is 12.2 Å². The van der Waals surface area contributed by atoms with Crippen LogP contribution < -0.4 is 5.32 Å². The van der Waals surface area contributed by atoms with E-state index in [9.17, 15) is 4.79 Å². The first-order valence-corrected chi connectivity index (χ1v) is 7.02. The lowest BCUT2D eigenvalue weighted by Gasteiger charge is -2.28. The number of nitrogens with zero attached hydrogens (tertiary/aromatic N) is 2. The molecule has 5 heteroatoms. The molecule has 2 rings (SSSR count). The molecule has 2 N–H and O–H groups in total. The van der Waals surface area contributed by atoms with Gasteiger partial charge >= 0.3 is 5.97 Å². The minimum absolute atomic E-state index is 0.0390. The maximum Gasteiger partial charge on any atom is 0.354 e. The summed E-state index contributed by atoms with van der Waals surface area (Å²) in [4.78, 5) is 18.9. The number of anilines is 1. The molecule has 0 saturated heterocycles. The molecule has 0 atom stereocenters. The molecule has 0 radical (unpaired) electrons. The highest BCUT2D eigenvalue weighted by atomic mass is 16.4. The van der Waals surface area contributed by atoms with Crippen LogP contribution in [0.2, 0.25) is 0 Å². The van der Waals surface area contributed by atoms with E-state index in [-0.39, 0.29) is 5.69 Å². The molecule has 1 aliphatic carbocycles. The third-order valence-corrected chi connectivity index (χ3v) is 3.75. The molecule has 1 fully saturated rings. The van der Waals surface area contributed by atoms with Crippen molar-refractivity contribution in [2.75, 3.05) is 5.32 Å². The molecule has 0 aliphatic heterocycles. The van der Waals surface area contributed by atoms with E-state index in [1.807, 2.05) is 0 Å². The number of aromatic carboxylic acids is 1. The Labute approximate surface area is 113 Å². The zero-order chi connectivity index (χ0) is 13.7. The number of nitrogens with one attached hydrogen (secondary N) is 1. The predicted molar refractivity (Wildman–Crippen MR) is 73.3 cm³/mol. The van der Waals surface area contributed by atoms with Crippen molar-refractivity contribution in [2.45, 2.75) is 51.5 Å². The van der Waals surface area contributed by atoms with Crippen LogP contribution in [-0.2, 0) is 0 Å². The molecular formula is C14H21N3O2. The Bertz CT molecular complexity index is 428. The third kappa shape index (κ3) is 3.91. The van der Waals surface area contributed by atoms with Crippen LogP contribution in [0.3, 0.4) is 0 Å². The van der Waals surface area contributed by atoms with Crippen molar-refractivity contribution in [1.29, 1.82) is 0 Å². The number of hydrogen-bond acceptors (Lipinski definition) is 4. The summed E-state index contributed by atoms with van der Waals surface area (Å²) in [5, 5.41) is 12.1. The van der Waals surface area contributed by atoms with Gasteiger partial charge in [0.2, 0.25) is 5.95 Å². The van der Waals surface area contributed by atoms with Crippen molar-refractivity contribution < 1.29 is 9.90 Å². The van der Waals surface area contributed by atoms with Gasteiger partial charge in [0.25, 0.3) is 0 Å². The van der Waals surface area contributed by atoms with Crippen molar-refractivity contribution >= 4 is 11.9 Å². The summed E-state index contributed by atoms with van der Waals surface area (Å²) >= 11 is 0. The molecule has 0 unspecified atom stereocenters. The minimum Gasteiger partial charge on any atom is -0.477 e. The molecule has 1 aliphatic rings. The molecule has 0 spiro atoms. The summed E-state index contributed by atoms with van der Waals surface area (Å²) in [5.41, 5.74) is 0.0390. The van der Waals surface area contributed by atoms with Crippen LogP contribution in [0.1, 0.15) is 55.9 Å². The van der Waals surface area contributed by atoms with Crippen LogP contribution >= 0.6 is 0 Å². The number of carbonyl (C=O) groups is 1. The van der Waals surface area contributed by atoms with Gasteiger partial charge in [0.05, 0.1) is 0 Å². The SMILES string of the molecule is CCCC1CCC(Nc2nccc(C(=O)O)n2)CC1. The summed E-state index contributed by atoms with van der Waals surface area (Å²) in [6.45, 7) is 2.23. The van der Waals surface area contributed by atoms with Gasteiger partial charge in [-0.3, -0.25) is 0 Å². The van der Waals surface area contributed by atoms with E-state index >= 15 is 0 Å². The number of rotatable bonds is 5. The second-order valence-electron chi connectivity index (χ2n) is 5.22. The highest BCUT2D eigenvalue weighted by molar-refractivity contribution is 5.85. The Balaban J connectivity index is 1.88. The van der Waals surface area contributed by atoms with Gasteiger partial charge in [-0.15, -0.1) is 0 Å². The van der Waals surface area contributed by atoms with Crippen LogP contribution in [-0.4, -0.2) is 27.1 Å². The van der Waals surface area contributed by atoms with Gasteiger partial charge in [-0.1, -0.05) is 19.8 Å². The first kappa shape index (κ1) is 13.8. The normalized spacial score (nSPS) is 23.0. The van der Waals surface area contributed by atoms with Crippen LogP contribution in [0.4, 0.5) is 5.95 Å². The summed E-state index contributed by atoms with van der Waals surface area (Å²) < 4.78 is 0. The molecule has 104 valence electrons. The van der Waals surface area contributed by atoms with Crippen molar-refractivity contribution in [3.05, 3.63) is 18.0 Å². The number of hydrogen-bond donors (Lipinski definition) is 2. The monoisotopic (exact) mass is 263 g/mol. The molecule has 0 aromatic carbocycles. The zero-order valence-electron chi connectivity index (χ0n) is 11.3. The molecule has 19 heavy (non-hydrogen) atoms. The van der Waals surface area contributed by atoms with E-state index in [1.165, 1.54) is 37.9 Å². The standard InChI is InChI=1S/C14H21N3O2/c1-2-3-10-4-6-11(7-5-10)16-14-15-9-8-12(17-14)13(18)19/h8-11H,2-7H2,1H3,(H,18,19)(H,15,16,17). The molecule has 1 aromatic rings. The zero-order valence-corrected chi connectivity index (χ0v) is 11.3. The Morgan fingerprint density at radius 1 is 1.42 bits per heavy atom. The fourth-order valence-electron chi connectivity index (χ4n) is 2.73. The largest absolute Gasteiger partial charge is 0.477 e. The second-order valence-corrected chi connectivity index (χ2v) is 5.22. The molecule has 0 amide bonds. The Morgan fingerprint density at radius 3 is 2.79 bits per heavy atom. The summed E-state index contributed by atoms with van der Waals surface area (Å²) in [6.07, 6.45) is 8.77. The number of aromatic nitrogens is 2. The smallest absolute Gasteiger partial charge is 0.354 e. The van der Waals surface area contributed by atoms with Gasteiger partial charge in [0.1, 0.15) is 0 Å². The Hall–Kier alpha value is -1.65. The first-order chi connectivity index (χ1) is 9.19. The molecule has 0 bridgehead atoms. The average Bonchev–Trinajstić information content (AvgIpc) is 2.42. The van der Waals surface area contributed by atoms with Crippen molar-refractivity contribution in [3.8, 4) is 0 Å². The Morgan fingerprint density at radius 2 is 2.16 bits per heavy atom. The predicted octanol–water partition coefficient (Wildman–Crippen LogP) is 2.95. The van der Waals surface area contributed by atoms with Crippen molar-refractivity contribution in [2.24, 2.45) is 5.92 Å². The second kappa shape index (κ2) is 6.50. The lowest BCUT2D eigenvalue weighted by molar-refractivity contribution is 0.0690. The fraction of sp³-hybridized carbons (Fsp3) is 0.643. The van der Waals surface area contributed by atoms with E-state index in [0.29, 0.717) is 12.0 Å². The lowest BCUT2D eigenvalue weighted by atomic mass is 9.83. The van der Waals surface area contributed by atoms with E-state index in [1.54, 1.807) is 0 Å². The maximum atomic E-state index is 10.8. The van der Waals surface area contributed by atoms with Crippen LogP contribution in [0.25, 0.3) is 0 Å². The highest BCUT2D eigenvalue weighted by Gasteiger charge is 2.21. The molecule has 1 heterocycles. The van der Waals surface area contributed by atoms with Gasteiger partial charge in [-0.25, -0.2) is 14.8 Å². The molecular weight excluding hydrogens is 242 g/mol. The fourth-order valence-corrected chi connectivity index (χ4v) is 2.73. The molecule has 1 aromatic heterocycles. The maximum absolute atomic E-state index is 10.8. The van der Waals surface area contributed by atoms with Crippen molar-refractivity contribution in [3.63, 3.8) is 0 Å². The molecule has 1 saturated carbocycles. The number of carboxylic acid groups (broad SMARTS) is 1. The van der Waals surface area contributed by atoms with Crippen LogP contribution in [0.15, 0.2) is 12.3 Å². The van der Waals surface area contributed by atoms with Gasteiger partial charge in [-0.2, -0.15) is 0 Å². The highest BCUT2D eigenvalue weighted by Crippen LogP contribution is 2.28. The summed E-state index contributed by atoms with van der Waals surface area (Å²) in [7, 11) is 0. The van der Waals surface area contributed by atoms with Crippen molar-refractivity contribution in [1.82, 2.24) is 9.97 Å². The average molecular weight is 263 g/mol.